The van der Waals surface area contributed by atoms with Crippen LogP contribution in [0.5, 0.6) is 0 Å². The molecule has 0 radical (unpaired) electrons. The van der Waals surface area contributed by atoms with Gasteiger partial charge in [0, 0.05) is 11.1 Å². The summed E-state index contributed by atoms with van der Waals surface area (Å²) >= 11 is 0. The molecule has 3 aromatic carbocycles. The highest BCUT2D eigenvalue weighted by molar-refractivity contribution is 5.89. The van der Waals surface area contributed by atoms with Crippen LogP contribution in [-0.2, 0) is 10.5 Å². The highest BCUT2D eigenvalue weighted by Crippen LogP contribution is 2.31. The zero-order valence-electron chi connectivity index (χ0n) is 12.4. The van der Waals surface area contributed by atoms with Gasteiger partial charge in [0.25, 0.3) is 5.79 Å². The van der Waals surface area contributed by atoms with E-state index in [0.717, 1.165) is 0 Å². The monoisotopic (exact) mass is 304 g/mol. The Kier molecular flexibility index (Phi) is 4.22. The minimum absolute atomic E-state index is 0.387. The standard InChI is InChI=1S/C20H16O3/c21-19(16-10-4-1-5-11-16)23-20(22,17-12-6-2-7-13-17)18-14-8-3-9-15-18/h1-15,22H. The number of aliphatic hydroxyl groups is 1. The lowest BCUT2D eigenvalue weighted by atomic mass is 9.97. The van der Waals surface area contributed by atoms with Crippen LogP contribution in [0.15, 0.2) is 91.0 Å². The molecular formula is C20H16O3. The summed E-state index contributed by atoms with van der Waals surface area (Å²) in [5.74, 6) is -2.42. The number of hydrogen-bond donors (Lipinski definition) is 1. The maximum atomic E-state index is 12.4. The first kappa shape index (κ1) is 15.0. The van der Waals surface area contributed by atoms with Gasteiger partial charge >= 0.3 is 5.97 Å². The van der Waals surface area contributed by atoms with E-state index in [2.05, 4.69) is 0 Å². The summed E-state index contributed by atoms with van der Waals surface area (Å²) in [5, 5.41) is 11.1. The number of ether oxygens (including phenoxy) is 1. The fourth-order valence-corrected chi connectivity index (χ4v) is 2.38. The SMILES string of the molecule is O=C(OC(O)(c1ccccc1)c1ccccc1)c1ccccc1. The van der Waals surface area contributed by atoms with Crippen molar-refractivity contribution in [3.05, 3.63) is 108 Å². The van der Waals surface area contributed by atoms with E-state index in [1.165, 1.54) is 0 Å². The zero-order chi connectivity index (χ0) is 16.1. The minimum atomic E-state index is -1.84. The van der Waals surface area contributed by atoms with Crippen molar-refractivity contribution in [1.29, 1.82) is 0 Å². The Morgan fingerprint density at radius 2 is 1.09 bits per heavy atom. The summed E-state index contributed by atoms with van der Waals surface area (Å²) in [4.78, 5) is 12.4. The van der Waals surface area contributed by atoms with Gasteiger partial charge in [-0.05, 0) is 12.1 Å². The van der Waals surface area contributed by atoms with Crippen LogP contribution in [0, 0.1) is 0 Å². The average molecular weight is 304 g/mol. The molecule has 0 aliphatic heterocycles. The van der Waals surface area contributed by atoms with Crippen LogP contribution in [0.1, 0.15) is 21.5 Å². The van der Waals surface area contributed by atoms with Crippen molar-refractivity contribution in [2.75, 3.05) is 0 Å². The number of rotatable bonds is 4. The zero-order valence-corrected chi connectivity index (χ0v) is 12.4. The van der Waals surface area contributed by atoms with E-state index in [4.69, 9.17) is 4.74 Å². The quantitative estimate of drug-likeness (QED) is 0.590. The highest BCUT2D eigenvalue weighted by atomic mass is 16.7. The molecule has 3 rings (SSSR count). The van der Waals surface area contributed by atoms with Crippen LogP contribution in [0.2, 0.25) is 0 Å². The fraction of sp³-hybridized carbons (Fsp3) is 0.0500. The molecule has 0 aliphatic carbocycles. The van der Waals surface area contributed by atoms with E-state index >= 15 is 0 Å². The molecule has 3 heteroatoms. The topological polar surface area (TPSA) is 46.5 Å². The predicted octanol–water partition coefficient (Wildman–Crippen LogP) is 3.74. The van der Waals surface area contributed by atoms with Crippen LogP contribution in [0.3, 0.4) is 0 Å². The molecule has 0 unspecified atom stereocenters. The van der Waals surface area contributed by atoms with Crippen LogP contribution in [0.25, 0.3) is 0 Å². The Morgan fingerprint density at radius 1 is 0.696 bits per heavy atom. The van der Waals surface area contributed by atoms with Crippen LogP contribution >= 0.6 is 0 Å². The number of carbonyl (C=O) groups is 1. The molecule has 0 atom stereocenters. The maximum Gasteiger partial charge on any atom is 0.341 e. The molecule has 0 saturated heterocycles. The van der Waals surface area contributed by atoms with Crippen LogP contribution < -0.4 is 0 Å². The molecule has 0 aromatic heterocycles. The average Bonchev–Trinajstić information content (AvgIpc) is 2.64. The molecule has 114 valence electrons. The molecule has 0 spiro atoms. The lowest BCUT2D eigenvalue weighted by Crippen LogP contribution is -2.33. The van der Waals surface area contributed by atoms with Crippen molar-refractivity contribution < 1.29 is 14.6 Å². The first-order valence-corrected chi connectivity index (χ1v) is 7.32. The van der Waals surface area contributed by atoms with Gasteiger partial charge < -0.3 is 9.84 Å². The first-order valence-electron chi connectivity index (χ1n) is 7.32. The van der Waals surface area contributed by atoms with E-state index in [1.54, 1.807) is 72.8 Å². The molecule has 3 nitrogen and oxygen atoms in total. The summed E-state index contributed by atoms with van der Waals surface area (Å²) in [6, 6.07) is 26.4. The molecule has 0 fully saturated rings. The van der Waals surface area contributed by atoms with Gasteiger partial charge in [0.15, 0.2) is 0 Å². The normalized spacial score (nSPS) is 11.0. The molecule has 0 heterocycles. The van der Waals surface area contributed by atoms with Gasteiger partial charge in [-0.25, -0.2) is 4.79 Å². The summed E-state index contributed by atoms with van der Waals surface area (Å²) in [7, 11) is 0. The Bertz CT molecular complexity index is 728. The molecule has 0 aliphatic rings. The molecule has 3 aromatic rings. The van der Waals surface area contributed by atoms with Gasteiger partial charge in [-0.15, -0.1) is 0 Å². The van der Waals surface area contributed by atoms with Crippen molar-refractivity contribution in [1.82, 2.24) is 0 Å². The van der Waals surface area contributed by atoms with E-state index in [9.17, 15) is 9.90 Å². The van der Waals surface area contributed by atoms with Gasteiger partial charge in [0.05, 0.1) is 5.56 Å². The van der Waals surface area contributed by atoms with Crippen molar-refractivity contribution in [3.63, 3.8) is 0 Å². The molecule has 23 heavy (non-hydrogen) atoms. The summed E-state index contributed by atoms with van der Waals surface area (Å²) in [5.41, 5.74) is 1.38. The van der Waals surface area contributed by atoms with Crippen molar-refractivity contribution in [2.24, 2.45) is 0 Å². The molecule has 0 saturated carbocycles. The van der Waals surface area contributed by atoms with E-state index in [-0.39, 0.29) is 0 Å². The number of benzene rings is 3. The van der Waals surface area contributed by atoms with Crippen molar-refractivity contribution in [2.45, 2.75) is 5.79 Å². The van der Waals surface area contributed by atoms with Crippen molar-refractivity contribution >= 4 is 5.97 Å². The lowest BCUT2D eigenvalue weighted by Gasteiger charge is -2.28. The lowest BCUT2D eigenvalue weighted by molar-refractivity contribution is -0.140. The largest absolute Gasteiger partial charge is 0.421 e. The predicted molar refractivity (Wildman–Crippen MR) is 87.7 cm³/mol. The van der Waals surface area contributed by atoms with Crippen LogP contribution in [0.4, 0.5) is 0 Å². The van der Waals surface area contributed by atoms with Gasteiger partial charge in [-0.3, -0.25) is 0 Å². The molecule has 1 N–H and O–H groups in total. The Hall–Kier alpha value is -2.91. The minimum Gasteiger partial charge on any atom is -0.421 e. The Labute approximate surface area is 134 Å². The third-order valence-corrected chi connectivity index (χ3v) is 3.58. The molecule has 0 amide bonds. The van der Waals surface area contributed by atoms with Gasteiger partial charge in [-0.1, -0.05) is 78.9 Å². The smallest absolute Gasteiger partial charge is 0.341 e. The van der Waals surface area contributed by atoms with Crippen molar-refractivity contribution in [3.8, 4) is 0 Å². The molecule has 0 bridgehead atoms. The summed E-state index contributed by atoms with van der Waals surface area (Å²) in [6.07, 6.45) is 0. The maximum absolute atomic E-state index is 12.4. The second kappa shape index (κ2) is 6.46. The van der Waals surface area contributed by atoms with Gasteiger partial charge in [-0.2, -0.15) is 0 Å². The number of esters is 1. The molecular weight excluding hydrogens is 288 g/mol. The summed E-state index contributed by atoms with van der Waals surface area (Å²) in [6.45, 7) is 0. The second-order valence-electron chi connectivity index (χ2n) is 5.13. The summed E-state index contributed by atoms with van der Waals surface area (Å²) < 4.78 is 5.51. The second-order valence-corrected chi connectivity index (χ2v) is 5.13. The van der Waals surface area contributed by atoms with Crippen LogP contribution in [-0.4, -0.2) is 11.1 Å². The van der Waals surface area contributed by atoms with E-state index in [0.29, 0.717) is 16.7 Å². The third-order valence-electron chi connectivity index (χ3n) is 3.58. The number of hydrogen-bond acceptors (Lipinski definition) is 3. The van der Waals surface area contributed by atoms with E-state index < -0.39 is 11.8 Å². The highest BCUT2D eigenvalue weighted by Gasteiger charge is 2.36. The first-order chi connectivity index (χ1) is 11.2. The Morgan fingerprint density at radius 3 is 1.52 bits per heavy atom. The van der Waals surface area contributed by atoms with Gasteiger partial charge in [0.1, 0.15) is 0 Å². The fourth-order valence-electron chi connectivity index (χ4n) is 2.38. The Balaban J connectivity index is 2.01. The van der Waals surface area contributed by atoms with E-state index in [1.807, 2.05) is 18.2 Å². The third kappa shape index (κ3) is 3.15. The van der Waals surface area contributed by atoms with Gasteiger partial charge in [0.2, 0.25) is 0 Å². The number of carbonyl (C=O) groups excluding carboxylic acids is 1.